The average Bonchev–Trinajstić information content (AvgIpc) is 2.46. The number of ether oxygens (including phenoxy) is 1. The van der Waals surface area contributed by atoms with Gasteiger partial charge in [-0.15, -0.1) is 0 Å². The molecule has 0 unspecified atom stereocenters. The molecule has 2 rings (SSSR count). The van der Waals surface area contributed by atoms with Crippen LogP contribution in [-0.4, -0.2) is 32.7 Å². The summed E-state index contributed by atoms with van der Waals surface area (Å²) in [5, 5.41) is 0. The fraction of sp³-hybridized carbons (Fsp3) is 0.143. The summed E-state index contributed by atoms with van der Waals surface area (Å²) in [6, 6.07) is 6.80. The zero-order valence-corrected chi connectivity index (χ0v) is 12.1. The standard InChI is InChI=1S/C14H12FNO4S/c1-20-14(17)11-7-8-16-13(12(11)15)9-3-5-10(6-4-9)21(2,18)19/h3-8H,1-2H3. The first-order chi connectivity index (χ1) is 9.84. The number of esters is 1. The number of hydrogen-bond acceptors (Lipinski definition) is 5. The van der Waals surface area contributed by atoms with Crippen LogP contribution in [0.4, 0.5) is 4.39 Å². The first kappa shape index (κ1) is 15.1. The normalized spacial score (nSPS) is 11.2. The van der Waals surface area contributed by atoms with Gasteiger partial charge in [-0.2, -0.15) is 0 Å². The van der Waals surface area contributed by atoms with E-state index >= 15 is 0 Å². The molecule has 0 N–H and O–H groups in total. The SMILES string of the molecule is COC(=O)c1ccnc(-c2ccc(S(C)(=O)=O)cc2)c1F. The van der Waals surface area contributed by atoms with E-state index in [-0.39, 0.29) is 16.2 Å². The van der Waals surface area contributed by atoms with Crippen molar-refractivity contribution in [2.75, 3.05) is 13.4 Å². The van der Waals surface area contributed by atoms with Crippen molar-refractivity contribution in [3.8, 4) is 11.3 Å². The number of benzene rings is 1. The molecule has 0 bridgehead atoms. The highest BCUT2D eigenvalue weighted by Crippen LogP contribution is 2.24. The maximum Gasteiger partial charge on any atom is 0.340 e. The summed E-state index contributed by atoms with van der Waals surface area (Å²) in [4.78, 5) is 15.4. The number of halogens is 1. The number of rotatable bonds is 3. The third kappa shape index (κ3) is 3.08. The van der Waals surface area contributed by atoms with Gasteiger partial charge >= 0.3 is 5.97 Å². The minimum atomic E-state index is -3.33. The molecular weight excluding hydrogens is 297 g/mol. The molecule has 0 fully saturated rings. The van der Waals surface area contributed by atoms with E-state index in [1.54, 1.807) is 0 Å². The number of methoxy groups -OCH3 is 1. The van der Waals surface area contributed by atoms with Crippen molar-refractivity contribution in [2.24, 2.45) is 0 Å². The molecule has 0 saturated carbocycles. The quantitative estimate of drug-likeness (QED) is 0.812. The van der Waals surface area contributed by atoms with Gasteiger partial charge in [0.25, 0.3) is 0 Å². The van der Waals surface area contributed by atoms with Gasteiger partial charge in [-0.05, 0) is 18.2 Å². The number of carbonyl (C=O) groups excluding carboxylic acids is 1. The predicted molar refractivity (Wildman–Crippen MR) is 74.1 cm³/mol. The number of nitrogens with zero attached hydrogens (tertiary/aromatic N) is 1. The summed E-state index contributed by atoms with van der Waals surface area (Å²) in [5.74, 6) is -1.61. The highest BCUT2D eigenvalue weighted by atomic mass is 32.2. The fourth-order valence-corrected chi connectivity index (χ4v) is 2.40. The van der Waals surface area contributed by atoms with Gasteiger partial charge in [0.15, 0.2) is 15.7 Å². The van der Waals surface area contributed by atoms with Crippen molar-refractivity contribution in [3.05, 3.63) is 47.9 Å². The van der Waals surface area contributed by atoms with Crippen LogP contribution in [0.3, 0.4) is 0 Å². The van der Waals surface area contributed by atoms with Crippen molar-refractivity contribution in [1.82, 2.24) is 4.98 Å². The fourth-order valence-electron chi connectivity index (χ4n) is 1.77. The van der Waals surface area contributed by atoms with Crippen molar-refractivity contribution < 1.29 is 22.3 Å². The molecule has 1 aromatic heterocycles. The van der Waals surface area contributed by atoms with Gasteiger partial charge < -0.3 is 4.74 Å². The predicted octanol–water partition coefficient (Wildman–Crippen LogP) is 2.08. The average molecular weight is 309 g/mol. The zero-order valence-electron chi connectivity index (χ0n) is 11.3. The molecule has 110 valence electrons. The van der Waals surface area contributed by atoms with Gasteiger partial charge in [0.1, 0.15) is 5.69 Å². The maximum atomic E-state index is 14.2. The Labute approximate surface area is 121 Å². The molecule has 0 aliphatic rings. The Balaban J connectivity index is 2.50. The van der Waals surface area contributed by atoms with E-state index in [2.05, 4.69) is 9.72 Å². The Hall–Kier alpha value is -2.28. The second kappa shape index (κ2) is 5.61. The molecule has 0 radical (unpaired) electrons. The van der Waals surface area contributed by atoms with E-state index in [9.17, 15) is 17.6 Å². The van der Waals surface area contributed by atoms with Crippen LogP contribution in [0, 0.1) is 5.82 Å². The van der Waals surface area contributed by atoms with Crippen LogP contribution in [0.15, 0.2) is 41.4 Å². The summed E-state index contributed by atoms with van der Waals surface area (Å²) in [6.45, 7) is 0. The van der Waals surface area contributed by atoms with E-state index in [1.165, 1.54) is 36.5 Å². The van der Waals surface area contributed by atoms with Crippen LogP contribution in [0.1, 0.15) is 10.4 Å². The Morgan fingerprint density at radius 3 is 2.33 bits per heavy atom. The molecule has 0 amide bonds. The van der Waals surface area contributed by atoms with Crippen LogP contribution in [0.2, 0.25) is 0 Å². The van der Waals surface area contributed by atoms with Gasteiger partial charge in [-0.25, -0.2) is 17.6 Å². The molecule has 5 nitrogen and oxygen atoms in total. The van der Waals surface area contributed by atoms with E-state index in [4.69, 9.17) is 0 Å². The molecular formula is C14H12FNO4S. The van der Waals surface area contributed by atoms with Crippen LogP contribution >= 0.6 is 0 Å². The minimum absolute atomic E-state index is 0.0436. The Morgan fingerprint density at radius 1 is 1.19 bits per heavy atom. The van der Waals surface area contributed by atoms with E-state index in [0.717, 1.165) is 13.4 Å². The van der Waals surface area contributed by atoms with Gasteiger partial charge in [-0.3, -0.25) is 4.98 Å². The lowest BCUT2D eigenvalue weighted by atomic mass is 10.1. The molecule has 0 aliphatic heterocycles. The van der Waals surface area contributed by atoms with Crippen LogP contribution < -0.4 is 0 Å². The van der Waals surface area contributed by atoms with Gasteiger partial charge in [0.05, 0.1) is 17.6 Å². The lowest BCUT2D eigenvalue weighted by molar-refractivity contribution is 0.0595. The van der Waals surface area contributed by atoms with Gasteiger partial charge in [0, 0.05) is 18.0 Å². The largest absolute Gasteiger partial charge is 0.465 e. The number of hydrogen-bond donors (Lipinski definition) is 0. The lowest BCUT2D eigenvalue weighted by Gasteiger charge is -2.07. The molecule has 2 aromatic rings. The number of pyridine rings is 1. The van der Waals surface area contributed by atoms with E-state index < -0.39 is 21.6 Å². The van der Waals surface area contributed by atoms with Crippen molar-refractivity contribution in [1.29, 1.82) is 0 Å². The first-order valence-electron chi connectivity index (χ1n) is 5.88. The molecule has 0 spiro atoms. The molecule has 1 heterocycles. The Morgan fingerprint density at radius 2 is 1.81 bits per heavy atom. The summed E-state index contributed by atoms with van der Waals surface area (Å²) in [6.07, 6.45) is 2.37. The minimum Gasteiger partial charge on any atom is -0.465 e. The second-order valence-electron chi connectivity index (χ2n) is 4.31. The summed E-state index contributed by atoms with van der Waals surface area (Å²) < 4.78 is 41.5. The summed E-state index contributed by atoms with van der Waals surface area (Å²) >= 11 is 0. The van der Waals surface area contributed by atoms with Crippen LogP contribution in [0.25, 0.3) is 11.3 Å². The highest BCUT2D eigenvalue weighted by Gasteiger charge is 2.18. The summed E-state index contributed by atoms with van der Waals surface area (Å²) in [7, 11) is -2.17. The maximum absolute atomic E-state index is 14.2. The third-order valence-electron chi connectivity index (χ3n) is 2.85. The lowest BCUT2D eigenvalue weighted by Crippen LogP contribution is -2.06. The van der Waals surface area contributed by atoms with Crippen molar-refractivity contribution >= 4 is 15.8 Å². The second-order valence-corrected chi connectivity index (χ2v) is 6.32. The number of sulfone groups is 1. The van der Waals surface area contributed by atoms with Crippen LogP contribution in [0.5, 0.6) is 0 Å². The van der Waals surface area contributed by atoms with Crippen molar-refractivity contribution in [2.45, 2.75) is 4.90 Å². The first-order valence-corrected chi connectivity index (χ1v) is 7.77. The highest BCUT2D eigenvalue weighted by molar-refractivity contribution is 7.90. The molecule has 0 aliphatic carbocycles. The smallest absolute Gasteiger partial charge is 0.340 e. The topological polar surface area (TPSA) is 73.3 Å². The summed E-state index contributed by atoms with van der Waals surface area (Å²) in [5.41, 5.74) is 0.0956. The number of carbonyl (C=O) groups is 1. The molecule has 21 heavy (non-hydrogen) atoms. The molecule has 0 atom stereocenters. The Kier molecular flexibility index (Phi) is 4.04. The van der Waals surface area contributed by atoms with E-state index in [0.29, 0.717) is 5.56 Å². The molecule has 7 heteroatoms. The molecule has 1 aromatic carbocycles. The Bertz CT molecular complexity index is 785. The van der Waals surface area contributed by atoms with Gasteiger partial charge in [0.2, 0.25) is 0 Å². The van der Waals surface area contributed by atoms with Crippen molar-refractivity contribution in [3.63, 3.8) is 0 Å². The third-order valence-corrected chi connectivity index (χ3v) is 3.98. The monoisotopic (exact) mass is 309 g/mol. The zero-order chi connectivity index (χ0) is 15.6. The van der Waals surface area contributed by atoms with E-state index in [1.807, 2.05) is 0 Å². The van der Waals surface area contributed by atoms with Crippen LogP contribution in [-0.2, 0) is 14.6 Å². The van der Waals surface area contributed by atoms with Gasteiger partial charge in [-0.1, -0.05) is 12.1 Å². The molecule has 0 saturated heterocycles. The number of aromatic nitrogens is 1.